The second-order valence-corrected chi connectivity index (χ2v) is 11.3. The molecule has 2 N–H and O–H groups in total. The van der Waals surface area contributed by atoms with E-state index < -0.39 is 54.9 Å². The van der Waals surface area contributed by atoms with Crippen LogP contribution in [0.15, 0.2) is 18.2 Å². The molecule has 0 aromatic heterocycles. The first kappa shape index (κ1) is 36.5. The molecule has 0 aliphatic carbocycles. The van der Waals surface area contributed by atoms with Gasteiger partial charge in [-0.3, -0.25) is 4.79 Å². The molecule has 0 bridgehead atoms. The topological polar surface area (TPSA) is 159 Å². The maximum Gasteiger partial charge on any atom is 0.514 e. The summed E-state index contributed by atoms with van der Waals surface area (Å²) < 4.78 is 36.7. The predicted molar refractivity (Wildman–Crippen MR) is 153 cm³/mol. The molecule has 0 aliphatic rings. The molecule has 2 unspecified atom stereocenters. The van der Waals surface area contributed by atoms with Crippen molar-refractivity contribution in [3.63, 3.8) is 0 Å². The smallest absolute Gasteiger partial charge is 0.458 e. The Hall–Kier alpha value is -3.54. The molecule has 0 aliphatic heterocycles. The Labute approximate surface area is 248 Å². The van der Waals surface area contributed by atoms with Gasteiger partial charge in [-0.15, -0.1) is 0 Å². The number of rotatable bonds is 14. The SMILES string of the molecule is CC(C)COC(=O)O[C@@H](C)[C@H](C)OC(=O)[C@@H](N)Cc1ccc(OC(=O)OC(C)C(C)C)c(OC(=O)OC(C)C(C)C)c1. The molecule has 0 saturated heterocycles. The third kappa shape index (κ3) is 13.4. The highest BCUT2D eigenvalue weighted by atomic mass is 16.8. The van der Waals surface area contributed by atoms with Crippen molar-refractivity contribution >= 4 is 24.4 Å². The standard InChI is InChI=1S/C30H47NO11/c1-16(2)15-36-28(33)40-22(10)21(9)37-27(32)24(31)13-23-11-12-25(41-29(34)38-19(7)17(3)4)26(14-23)42-30(35)39-20(8)18(5)6/h11-12,14,16-22,24H,13,15,31H2,1-10H3/t19?,20?,21-,22-,24-/m0/s1. The van der Waals surface area contributed by atoms with Gasteiger partial charge in [0.1, 0.15) is 30.5 Å². The molecule has 0 amide bonds. The van der Waals surface area contributed by atoms with Crippen LogP contribution in [0.5, 0.6) is 11.5 Å². The van der Waals surface area contributed by atoms with Gasteiger partial charge >= 0.3 is 24.4 Å². The van der Waals surface area contributed by atoms with E-state index in [9.17, 15) is 19.2 Å². The van der Waals surface area contributed by atoms with Crippen LogP contribution in [-0.2, 0) is 34.9 Å². The molecule has 1 aromatic rings. The van der Waals surface area contributed by atoms with Crippen LogP contribution in [0.25, 0.3) is 0 Å². The number of benzene rings is 1. The van der Waals surface area contributed by atoms with Gasteiger partial charge in [-0.1, -0.05) is 47.6 Å². The first-order chi connectivity index (χ1) is 19.5. The minimum absolute atomic E-state index is 0.0138. The molecule has 12 nitrogen and oxygen atoms in total. The van der Waals surface area contributed by atoms with E-state index in [2.05, 4.69) is 0 Å². The minimum Gasteiger partial charge on any atom is -0.458 e. The Kier molecular flexibility index (Phi) is 15.1. The van der Waals surface area contributed by atoms with Gasteiger partial charge in [-0.05, 0) is 69.6 Å². The summed E-state index contributed by atoms with van der Waals surface area (Å²) in [5, 5.41) is 0. The van der Waals surface area contributed by atoms with Crippen molar-refractivity contribution in [2.24, 2.45) is 23.5 Å². The van der Waals surface area contributed by atoms with Gasteiger partial charge in [-0.2, -0.15) is 0 Å². The van der Waals surface area contributed by atoms with Gasteiger partial charge < -0.3 is 38.9 Å². The van der Waals surface area contributed by atoms with Crippen LogP contribution in [0.2, 0.25) is 0 Å². The lowest BCUT2D eigenvalue weighted by Crippen LogP contribution is -2.39. The van der Waals surface area contributed by atoms with Crippen LogP contribution < -0.4 is 15.2 Å². The average Bonchev–Trinajstić information content (AvgIpc) is 2.88. The van der Waals surface area contributed by atoms with Gasteiger partial charge in [0.25, 0.3) is 0 Å². The maximum atomic E-state index is 12.7. The van der Waals surface area contributed by atoms with Gasteiger partial charge in [0.15, 0.2) is 11.5 Å². The molecule has 12 heteroatoms. The fraction of sp³-hybridized carbons (Fsp3) is 0.667. The number of carbonyl (C=O) groups excluding carboxylic acids is 4. The number of nitrogens with two attached hydrogens (primary N) is 1. The quantitative estimate of drug-likeness (QED) is 0.156. The molecule has 238 valence electrons. The summed E-state index contributed by atoms with van der Waals surface area (Å²) in [5.74, 6) is -0.720. The average molecular weight is 598 g/mol. The van der Waals surface area contributed by atoms with E-state index in [1.807, 2.05) is 41.5 Å². The molecule has 5 atom stereocenters. The Balaban J connectivity index is 2.97. The molecule has 0 radical (unpaired) electrons. The lowest BCUT2D eigenvalue weighted by atomic mass is 10.1. The third-order valence-corrected chi connectivity index (χ3v) is 6.37. The first-order valence-corrected chi connectivity index (χ1v) is 14.2. The Bertz CT molecular complexity index is 1040. The molecule has 1 rings (SSSR count). The van der Waals surface area contributed by atoms with E-state index in [1.54, 1.807) is 33.8 Å². The zero-order chi connectivity index (χ0) is 32.1. The van der Waals surface area contributed by atoms with E-state index >= 15 is 0 Å². The van der Waals surface area contributed by atoms with Crippen LogP contribution in [0.4, 0.5) is 14.4 Å². The fourth-order valence-corrected chi connectivity index (χ4v) is 2.87. The van der Waals surface area contributed by atoms with Crippen LogP contribution in [0.3, 0.4) is 0 Å². The zero-order valence-electron chi connectivity index (χ0n) is 26.3. The minimum atomic E-state index is -1.11. The second kappa shape index (κ2) is 17.4. The van der Waals surface area contributed by atoms with E-state index in [1.165, 1.54) is 12.1 Å². The summed E-state index contributed by atoms with van der Waals surface area (Å²) in [5.41, 5.74) is 6.56. The molecule has 0 heterocycles. The summed E-state index contributed by atoms with van der Waals surface area (Å²) in [6.07, 6.45) is -5.28. The van der Waals surface area contributed by atoms with E-state index in [-0.39, 0.29) is 42.3 Å². The highest BCUT2D eigenvalue weighted by molar-refractivity contribution is 5.76. The summed E-state index contributed by atoms with van der Waals surface area (Å²) in [4.78, 5) is 49.3. The summed E-state index contributed by atoms with van der Waals surface area (Å²) in [6.45, 7) is 18.1. The summed E-state index contributed by atoms with van der Waals surface area (Å²) in [6, 6.07) is 3.24. The van der Waals surface area contributed by atoms with Crippen LogP contribution in [-0.4, -0.2) is 61.5 Å². The van der Waals surface area contributed by atoms with Crippen molar-refractivity contribution in [2.45, 2.75) is 106 Å². The lowest BCUT2D eigenvalue weighted by Gasteiger charge is -2.22. The van der Waals surface area contributed by atoms with Crippen LogP contribution in [0, 0.1) is 17.8 Å². The van der Waals surface area contributed by atoms with Gasteiger partial charge in [0.2, 0.25) is 0 Å². The van der Waals surface area contributed by atoms with Crippen molar-refractivity contribution in [3.8, 4) is 11.5 Å². The van der Waals surface area contributed by atoms with Gasteiger partial charge in [-0.25, -0.2) is 14.4 Å². The number of esters is 1. The van der Waals surface area contributed by atoms with Crippen molar-refractivity contribution in [3.05, 3.63) is 23.8 Å². The molecular weight excluding hydrogens is 550 g/mol. The largest absolute Gasteiger partial charge is 0.514 e. The molecule has 0 saturated carbocycles. The van der Waals surface area contributed by atoms with Gasteiger partial charge in [0.05, 0.1) is 6.61 Å². The second-order valence-electron chi connectivity index (χ2n) is 11.3. The Morgan fingerprint density at radius 3 is 1.62 bits per heavy atom. The number of hydrogen-bond acceptors (Lipinski definition) is 12. The van der Waals surface area contributed by atoms with E-state index in [0.29, 0.717) is 5.56 Å². The van der Waals surface area contributed by atoms with Crippen molar-refractivity contribution < 1.29 is 52.3 Å². The lowest BCUT2D eigenvalue weighted by molar-refractivity contribution is -0.155. The van der Waals surface area contributed by atoms with E-state index in [4.69, 9.17) is 38.9 Å². The zero-order valence-corrected chi connectivity index (χ0v) is 26.3. The highest BCUT2D eigenvalue weighted by Gasteiger charge is 2.26. The highest BCUT2D eigenvalue weighted by Crippen LogP contribution is 2.30. The summed E-state index contributed by atoms with van der Waals surface area (Å²) in [7, 11) is 0. The molecule has 1 aromatic carbocycles. The number of ether oxygens (including phenoxy) is 7. The monoisotopic (exact) mass is 597 g/mol. The normalized spacial score (nSPS) is 14.8. The van der Waals surface area contributed by atoms with E-state index in [0.717, 1.165) is 0 Å². The summed E-state index contributed by atoms with van der Waals surface area (Å²) >= 11 is 0. The fourth-order valence-electron chi connectivity index (χ4n) is 2.87. The van der Waals surface area contributed by atoms with Crippen LogP contribution >= 0.6 is 0 Å². The molecule has 0 fully saturated rings. The molecule has 42 heavy (non-hydrogen) atoms. The Morgan fingerprint density at radius 1 is 0.643 bits per heavy atom. The predicted octanol–water partition coefficient (Wildman–Crippen LogP) is 5.81. The van der Waals surface area contributed by atoms with Crippen LogP contribution in [0.1, 0.15) is 74.8 Å². The Morgan fingerprint density at radius 2 is 1.12 bits per heavy atom. The van der Waals surface area contributed by atoms with Crippen molar-refractivity contribution in [2.75, 3.05) is 6.61 Å². The number of hydrogen-bond donors (Lipinski definition) is 1. The van der Waals surface area contributed by atoms with Gasteiger partial charge in [0, 0.05) is 0 Å². The molecule has 0 spiro atoms. The van der Waals surface area contributed by atoms with Crippen molar-refractivity contribution in [1.29, 1.82) is 0 Å². The maximum absolute atomic E-state index is 12.7. The first-order valence-electron chi connectivity index (χ1n) is 14.2. The van der Waals surface area contributed by atoms with Crippen molar-refractivity contribution in [1.82, 2.24) is 0 Å². The molecular formula is C30H47NO11. The number of carbonyl (C=O) groups is 4. The third-order valence-electron chi connectivity index (χ3n) is 6.37.